The first-order chi connectivity index (χ1) is 17.6. The van der Waals surface area contributed by atoms with E-state index in [1.165, 1.54) is 21.0 Å². The Morgan fingerprint density at radius 1 is 0.917 bits per heavy atom. The number of anilines is 1. The van der Waals surface area contributed by atoms with Crippen molar-refractivity contribution in [3.8, 4) is 11.1 Å². The fraction of sp³-hybridized carbons (Fsp3) is 0.207. The van der Waals surface area contributed by atoms with Crippen molar-refractivity contribution in [1.82, 2.24) is 9.91 Å². The van der Waals surface area contributed by atoms with E-state index in [-0.39, 0.29) is 25.0 Å². The maximum absolute atomic E-state index is 14.0. The molecular formula is C29H27N3O4. The van der Waals surface area contributed by atoms with Gasteiger partial charge in [0.25, 0.3) is 11.8 Å². The van der Waals surface area contributed by atoms with E-state index in [0.717, 1.165) is 16.7 Å². The molecule has 2 aliphatic rings. The molecule has 0 spiro atoms. The van der Waals surface area contributed by atoms with E-state index in [1.54, 1.807) is 6.08 Å². The molecule has 182 valence electrons. The van der Waals surface area contributed by atoms with Gasteiger partial charge in [0.05, 0.1) is 12.2 Å². The summed E-state index contributed by atoms with van der Waals surface area (Å²) in [6, 6.07) is 26.1. The minimum absolute atomic E-state index is 0.133. The van der Waals surface area contributed by atoms with Crippen LogP contribution < -0.4 is 5.01 Å². The molecule has 2 heterocycles. The molecule has 3 aromatic rings. The number of amides is 3. The average molecular weight is 482 g/mol. The second kappa shape index (κ2) is 10.5. The number of ether oxygens (including phenoxy) is 1. The largest absolute Gasteiger partial charge is 0.445 e. The van der Waals surface area contributed by atoms with Crippen LogP contribution in [0.3, 0.4) is 0 Å². The van der Waals surface area contributed by atoms with Gasteiger partial charge in [0.1, 0.15) is 12.6 Å². The molecular weight excluding hydrogens is 454 g/mol. The van der Waals surface area contributed by atoms with Crippen LogP contribution in [0.15, 0.2) is 97.1 Å². The Morgan fingerprint density at radius 3 is 2.36 bits per heavy atom. The summed E-state index contributed by atoms with van der Waals surface area (Å²) in [4.78, 5) is 41.1. The van der Waals surface area contributed by atoms with Gasteiger partial charge in [-0.15, -0.1) is 0 Å². The Bertz CT molecular complexity index is 1280. The molecule has 1 saturated heterocycles. The zero-order valence-electron chi connectivity index (χ0n) is 19.8. The third kappa shape index (κ3) is 4.86. The van der Waals surface area contributed by atoms with E-state index in [0.29, 0.717) is 25.1 Å². The molecule has 0 saturated carbocycles. The van der Waals surface area contributed by atoms with Gasteiger partial charge in [-0.1, -0.05) is 78.9 Å². The summed E-state index contributed by atoms with van der Waals surface area (Å²) in [6.45, 7) is 0.841. The number of hydrogen-bond donors (Lipinski definition) is 0. The summed E-state index contributed by atoms with van der Waals surface area (Å²) in [5.74, 6) is -0.601. The number of benzene rings is 3. The Kier molecular flexibility index (Phi) is 6.80. The van der Waals surface area contributed by atoms with Gasteiger partial charge in [0, 0.05) is 12.6 Å². The van der Waals surface area contributed by atoms with Crippen molar-refractivity contribution in [3.05, 3.63) is 103 Å². The maximum atomic E-state index is 14.0. The predicted octanol–water partition coefficient (Wildman–Crippen LogP) is 4.80. The summed E-state index contributed by atoms with van der Waals surface area (Å²) in [5, 5.41) is 2.83. The standard InChI is InChI=1S/C29H27N3O4/c33-27-17-9-19-31(27)32(25-15-7-14-24(20-25)23-12-5-2-6-13-23)28(34)26-16-8-18-30(26)29(35)36-21-22-10-3-1-4-11-22/h1-7,9-15,17,20,26H,8,16,18-19,21H2. The third-order valence-electron chi connectivity index (χ3n) is 6.42. The van der Waals surface area contributed by atoms with Crippen molar-refractivity contribution < 1.29 is 19.1 Å². The molecule has 7 heteroatoms. The Labute approximate surface area is 210 Å². The van der Waals surface area contributed by atoms with Gasteiger partial charge in [-0.3, -0.25) is 14.5 Å². The van der Waals surface area contributed by atoms with Gasteiger partial charge >= 0.3 is 6.09 Å². The smallest absolute Gasteiger partial charge is 0.410 e. The minimum atomic E-state index is -0.720. The van der Waals surface area contributed by atoms with Gasteiger partial charge in [0.2, 0.25) is 0 Å². The zero-order valence-corrected chi connectivity index (χ0v) is 19.8. The fourth-order valence-electron chi connectivity index (χ4n) is 4.63. The van der Waals surface area contributed by atoms with E-state index in [9.17, 15) is 14.4 Å². The Hall–Kier alpha value is -4.39. The fourth-order valence-corrected chi connectivity index (χ4v) is 4.63. The molecule has 0 aromatic heterocycles. The lowest BCUT2D eigenvalue weighted by atomic mass is 10.0. The van der Waals surface area contributed by atoms with Crippen molar-refractivity contribution in [1.29, 1.82) is 0 Å². The molecule has 3 amide bonds. The number of carbonyl (C=O) groups is 3. The topological polar surface area (TPSA) is 70.2 Å². The number of hydrogen-bond acceptors (Lipinski definition) is 4. The summed E-state index contributed by atoms with van der Waals surface area (Å²) in [7, 11) is 0. The molecule has 7 nitrogen and oxygen atoms in total. The summed E-state index contributed by atoms with van der Waals surface area (Å²) >= 11 is 0. The highest BCUT2D eigenvalue weighted by atomic mass is 16.6. The normalized spacial score (nSPS) is 16.9. The molecule has 0 N–H and O–H groups in total. The quantitative estimate of drug-likeness (QED) is 0.507. The van der Waals surface area contributed by atoms with Crippen LogP contribution in [-0.4, -0.2) is 46.9 Å². The van der Waals surface area contributed by atoms with Crippen LogP contribution in [0.5, 0.6) is 0 Å². The molecule has 1 unspecified atom stereocenters. The average Bonchev–Trinajstić information content (AvgIpc) is 3.58. The van der Waals surface area contributed by atoms with Gasteiger partial charge in [-0.05, 0) is 41.7 Å². The number of rotatable bonds is 6. The van der Waals surface area contributed by atoms with Crippen LogP contribution in [0.2, 0.25) is 0 Å². The van der Waals surface area contributed by atoms with Crippen molar-refractivity contribution in [3.63, 3.8) is 0 Å². The van der Waals surface area contributed by atoms with Crippen LogP contribution in [0, 0.1) is 0 Å². The number of likely N-dealkylation sites (tertiary alicyclic amines) is 1. The molecule has 36 heavy (non-hydrogen) atoms. The van der Waals surface area contributed by atoms with Gasteiger partial charge in [-0.2, -0.15) is 0 Å². The first kappa shape index (κ1) is 23.4. The highest BCUT2D eigenvalue weighted by molar-refractivity contribution is 6.03. The van der Waals surface area contributed by atoms with Gasteiger partial charge in [0.15, 0.2) is 0 Å². The van der Waals surface area contributed by atoms with Crippen LogP contribution in [0.25, 0.3) is 11.1 Å². The third-order valence-corrected chi connectivity index (χ3v) is 6.42. The van der Waals surface area contributed by atoms with Gasteiger partial charge < -0.3 is 4.74 Å². The minimum Gasteiger partial charge on any atom is -0.445 e. The van der Waals surface area contributed by atoms with Gasteiger partial charge in [-0.25, -0.2) is 14.8 Å². The maximum Gasteiger partial charge on any atom is 0.410 e. The van der Waals surface area contributed by atoms with E-state index in [4.69, 9.17) is 4.74 Å². The number of carbonyl (C=O) groups excluding carboxylic acids is 3. The summed E-state index contributed by atoms with van der Waals surface area (Å²) in [5.41, 5.74) is 3.38. The SMILES string of the molecule is O=C(OCc1ccccc1)N1CCCC1C(=O)N(c1cccc(-c2ccccc2)c1)N1CC=CC1=O. The van der Waals surface area contributed by atoms with Crippen LogP contribution in [0.4, 0.5) is 10.5 Å². The molecule has 1 fully saturated rings. The lowest BCUT2D eigenvalue weighted by Gasteiger charge is -2.35. The van der Waals surface area contributed by atoms with E-state index in [2.05, 4.69) is 0 Å². The molecule has 5 rings (SSSR count). The number of hydrazine groups is 1. The summed E-state index contributed by atoms with van der Waals surface area (Å²) in [6.07, 6.45) is 3.84. The molecule has 3 aromatic carbocycles. The molecule has 1 atom stereocenters. The highest BCUT2D eigenvalue weighted by Gasteiger charge is 2.41. The zero-order chi connectivity index (χ0) is 24.9. The molecule has 2 aliphatic heterocycles. The summed E-state index contributed by atoms with van der Waals surface area (Å²) < 4.78 is 5.52. The second-order valence-corrected chi connectivity index (χ2v) is 8.78. The highest BCUT2D eigenvalue weighted by Crippen LogP contribution is 2.30. The lowest BCUT2D eigenvalue weighted by Crippen LogP contribution is -2.55. The lowest BCUT2D eigenvalue weighted by molar-refractivity contribution is -0.133. The van der Waals surface area contributed by atoms with Crippen molar-refractivity contribution in [2.24, 2.45) is 0 Å². The van der Waals surface area contributed by atoms with Crippen LogP contribution in [0.1, 0.15) is 18.4 Å². The van der Waals surface area contributed by atoms with E-state index in [1.807, 2.05) is 84.9 Å². The van der Waals surface area contributed by atoms with Crippen LogP contribution in [-0.2, 0) is 20.9 Å². The van der Waals surface area contributed by atoms with Crippen molar-refractivity contribution >= 4 is 23.6 Å². The second-order valence-electron chi connectivity index (χ2n) is 8.78. The Balaban J connectivity index is 1.40. The first-order valence-corrected chi connectivity index (χ1v) is 12.1. The predicted molar refractivity (Wildman–Crippen MR) is 137 cm³/mol. The van der Waals surface area contributed by atoms with Crippen molar-refractivity contribution in [2.75, 3.05) is 18.1 Å². The van der Waals surface area contributed by atoms with Crippen LogP contribution >= 0.6 is 0 Å². The van der Waals surface area contributed by atoms with E-state index >= 15 is 0 Å². The van der Waals surface area contributed by atoms with Crippen molar-refractivity contribution in [2.45, 2.75) is 25.5 Å². The number of nitrogens with zero attached hydrogens (tertiary/aromatic N) is 3. The van der Waals surface area contributed by atoms with E-state index < -0.39 is 12.1 Å². The first-order valence-electron chi connectivity index (χ1n) is 12.1. The molecule has 0 bridgehead atoms. The monoisotopic (exact) mass is 481 g/mol. The molecule has 0 radical (unpaired) electrons. The Morgan fingerprint density at radius 2 is 1.64 bits per heavy atom. The molecule has 0 aliphatic carbocycles.